The Morgan fingerprint density at radius 1 is 1.19 bits per heavy atom. The molecule has 7 heteroatoms. The third-order valence-electron chi connectivity index (χ3n) is 4.84. The number of ether oxygens (including phenoxy) is 2. The maximum atomic E-state index is 12.6. The number of fused-ring (bicyclic) bond motifs is 1. The number of carbonyl (C=O) groups is 2. The van der Waals surface area contributed by atoms with E-state index in [4.69, 9.17) is 26.3 Å². The first kappa shape index (κ1) is 22.4. The fraction of sp³-hybridized carbons (Fsp3) is 0.292. The third kappa shape index (κ3) is 5.87. The van der Waals surface area contributed by atoms with Crippen LogP contribution in [-0.2, 0) is 16.1 Å². The number of rotatable bonds is 10. The summed E-state index contributed by atoms with van der Waals surface area (Å²) in [5.74, 6) is 0.00651. The van der Waals surface area contributed by atoms with Crippen molar-refractivity contribution in [2.24, 2.45) is 0 Å². The first-order chi connectivity index (χ1) is 15.0. The minimum absolute atomic E-state index is 0.157. The van der Waals surface area contributed by atoms with Crippen molar-refractivity contribution in [3.63, 3.8) is 0 Å². The van der Waals surface area contributed by atoms with Crippen molar-refractivity contribution in [2.45, 2.75) is 32.7 Å². The molecular weight excluding hydrogens is 416 g/mol. The number of carbonyl (C=O) groups excluding carboxylic acids is 2. The summed E-state index contributed by atoms with van der Waals surface area (Å²) in [7, 11) is 0. The second-order valence-corrected chi connectivity index (χ2v) is 7.54. The Kier molecular flexibility index (Phi) is 7.69. The SMILES string of the molecule is Cc1cc(Cl)ccc1OCCCC(=O)OCC(=O)c1cn(CCC#N)c2ccccc12. The van der Waals surface area contributed by atoms with Gasteiger partial charge in [-0.15, -0.1) is 0 Å². The average molecular weight is 439 g/mol. The van der Waals surface area contributed by atoms with Crippen LogP contribution in [0.1, 0.15) is 35.2 Å². The molecule has 0 N–H and O–H groups in total. The zero-order valence-electron chi connectivity index (χ0n) is 17.3. The maximum absolute atomic E-state index is 12.6. The van der Waals surface area contributed by atoms with E-state index in [1.54, 1.807) is 18.3 Å². The molecule has 0 unspecified atom stereocenters. The molecule has 0 saturated heterocycles. The average Bonchev–Trinajstić information content (AvgIpc) is 3.13. The van der Waals surface area contributed by atoms with Crippen molar-refractivity contribution in [2.75, 3.05) is 13.2 Å². The van der Waals surface area contributed by atoms with E-state index < -0.39 is 5.97 Å². The second-order valence-electron chi connectivity index (χ2n) is 7.11. The van der Waals surface area contributed by atoms with Gasteiger partial charge in [0.05, 0.1) is 19.1 Å². The fourth-order valence-electron chi connectivity index (χ4n) is 3.29. The van der Waals surface area contributed by atoms with Crippen LogP contribution in [0.4, 0.5) is 0 Å². The van der Waals surface area contributed by atoms with E-state index in [0.717, 1.165) is 22.2 Å². The minimum atomic E-state index is -0.446. The molecule has 3 rings (SSSR count). The Hall–Kier alpha value is -3.30. The number of nitrogens with zero attached hydrogens (tertiary/aromatic N) is 2. The van der Waals surface area contributed by atoms with Crippen molar-refractivity contribution in [1.82, 2.24) is 4.57 Å². The summed E-state index contributed by atoms with van der Waals surface area (Å²) in [5, 5.41) is 10.3. The summed E-state index contributed by atoms with van der Waals surface area (Å²) < 4.78 is 12.7. The molecule has 0 saturated carbocycles. The highest BCUT2D eigenvalue weighted by Gasteiger charge is 2.16. The molecular formula is C24H23ClN2O4. The van der Waals surface area contributed by atoms with E-state index in [9.17, 15) is 9.59 Å². The van der Waals surface area contributed by atoms with Crippen molar-refractivity contribution >= 4 is 34.3 Å². The van der Waals surface area contributed by atoms with Crippen LogP contribution < -0.4 is 4.74 Å². The Morgan fingerprint density at radius 3 is 2.77 bits per heavy atom. The number of hydrogen-bond donors (Lipinski definition) is 0. The molecule has 0 aliphatic carbocycles. The molecule has 1 heterocycles. The number of aryl methyl sites for hydroxylation is 2. The monoisotopic (exact) mass is 438 g/mol. The van der Waals surface area contributed by atoms with E-state index in [2.05, 4.69) is 6.07 Å². The van der Waals surface area contributed by atoms with Gasteiger partial charge in [0.2, 0.25) is 5.78 Å². The molecule has 1 aromatic heterocycles. The van der Waals surface area contributed by atoms with Gasteiger partial charge in [-0.05, 0) is 43.2 Å². The quantitative estimate of drug-likeness (QED) is 0.250. The van der Waals surface area contributed by atoms with Gasteiger partial charge >= 0.3 is 5.97 Å². The lowest BCUT2D eigenvalue weighted by atomic mass is 10.1. The van der Waals surface area contributed by atoms with Crippen LogP contribution in [0.2, 0.25) is 5.02 Å². The number of aromatic nitrogens is 1. The number of hydrogen-bond acceptors (Lipinski definition) is 5. The van der Waals surface area contributed by atoms with Gasteiger partial charge in [0.1, 0.15) is 5.75 Å². The third-order valence-corrected chi connectivity index (χ3v) is 5.07. The van der Waals surface area contributed by atoms with Gasteiger partial charge in [0.25, 0.3) is 0 Å². The molecule has 3 aromatic rings. The molecule has 0 fully saturated rings. The second kappa shape index (κ2) is 10.6. The van der Waals surface area contributed by atoms with Crippen molar-refractivity contribution in [3.8, 4) is 11.8 Å². The van der Waals surface area contributed by atoms with Crippen LogP contribution >= 0.6 is 11.6 Å². The lowest BCUT2D eigenvalue weighted by molar-refractivity contribution is -0.142. The predicted molar refractivity (Wildman–Crippen MR) is 118 cm³/mol. The predicted octanol–water partition coefficient (Wildman–Crippen LogP) is 5.10. The summed E-state index contributed by atoms with van der Waals surface area (Å²) in [6.45, 7) is 2.44. The highest BCUT2D eigenvalue weighted by Crippen LogP contribution is 2.23. The highest BCUT2D eigenvalue weighted by molar-refractivity contribution is 6.30. The van der Waals surface area contributed by atoms with Gasteiger partial charge < -0.3 is 14.0 Å². The van der Waals surface area contributed by atoms with Gasteiger partial charge in [-0.1, -0.05) is 29.8 Å². The van der Waals surface area contributed by atoms with Crippen LogP contribution in [0.5, 0.6) is 5.75 Å². The molecule has 0 aliphatic heterocycles. The Bertz CT molecular complexity index is 1130. The molecule has 0 radical (unpaired) electrons. The van der Waals surface area contributed by atoms with Crippen molar-refractivity contribution < 1.29 is 19.1 Å². The van der Waals surface area contributed by atoms with Crippen LogP contribution in [0, 0.1) is 18.3 Å². The van der Waals surface area contributed by atoms with Gasteiger partial charge in [-0.3, -0.25) is 9.59 Å². The Morgan fingerprint density at radius 2 is 2.00 bits per heavy atom. The Balaban J connectivity index is 1.49. The number of esters is 1. The molecule has 0 atom stereocenters. The number of benzene rings is 2. The van der Waals surface area contributed by atoms with E-state index in [1.807, 2.05) is 41.8 Å². The van der Waals surface area contributed by atoms with E-state index in [1.165, 1.54) is 0 Å². The van der Waals surface area contributed by atoms with Gasteiger partial charge in [-0.25, -0.2) is 0 Å². The zero-order chi connectivity index (χ0) is 22.2. The molecule has 0 amide bonds. The largest absolute Gasteiger partial charge is 0.493 e. The first-order valence-electron chi connectivity index (χ1n) is 10.0. The molecule has 0 spiro atoms. The number of nitriles is 1. The maximum Gasteiger partial charge on any atom is 0.306 e. The summed E-state index contributed by atoms with van der Waals surface area (Å²) >= 11 is 5.92. The Labute approximate surface area is 185 Å². The topological polar surface area (TPSA) is 81.3 Å². The molecule has 160 valence electrons. The molecule has 0 aliphatic rings. The lowest BCUT2D eigenvalue weighted by Gasteiger charge is -2.09. The normalized spacial score (nSPS) is 10.6. The fourth-order valence-corrected chi connectivity index (χ4v) is 3.52. The summed E-state index contributed by atoms with van der Waals surface area (Å²) in [5.41, 5.74) is 2.29. The van der Waals surface area contributed by atoms with Crippen molar-refractivity contribution in [1.29, 1.82) is 5.26 Å². The van der Waals surface area contributed by atoms with Gasteiger partial charge in [-0.2, -0.15) is 5.26 Å². The standard InChI is InChI=1S/C24H23ClN2O4/c1-17-14-18(25)9-10-23(17)30-13-4-8-24(29)31-16-22(28)20-15-27(12-5-11-26)21-7-3-2-6-19(20)21/h2-3,6-7,9-10,14-15H,4-5,8,12-13,16H2,1H3. The van der Waals surface area contributed by atoms with Gasteiger partial charge in [0.15, 0.2) is 6.61 Å². The lowest BCUT2D eigenvalue weighted by Crippen LogP contribution is -2.14. The molecule has 2 aromatic carbocycles. The van der Waals surface area contributed by atoms with E-state index >= 15 is 0 Å². The summed E-state index contributed by atoms with van der Waals surface area (Å²) in [4.78, 5) is 24.7. The number of halogens is 1. The van der Waals surface area contributed by atoms with E-state index in [-0.39, 0.29) is 18.8 Å². The molecule has 6 nitrogen and oxygen atoms in total. The number of ketones is 1. The number of Topliss-reactive ketones (excluding diaryl/α,β-unsaturated/α-hetero) is 1. The van der Waals surface area contributed by atoms with Crippen LogP contribution in [0.25, 0.3) is 10.9 Å². The minimum Gasteiger partial charge on any atom is -0.493 e. The van der Waals surface area contributed by atoms with Crippen molar-refractivity contribution in [3.05, 3.63) is 64.8 Å². The smallest absolute Gasteiger partial charge is 0.306 e. The zero-order valence-corrected chi connectivity index (χ0v) is 18.0. The van der Waals surface area contributed by atoms with Crippen LogP contribution in [0.15, 0.2) is 48.7 Å². The van der Waals surface area contributed by atoms with Gasteiger partial charge in [0, 0.05) is 40.7 Å². The molecule has 31 heavy (non-hydrogen) atoms. The number of para-hydroxylation sites is 1. The highest BCUT2D eigenvalue weighted by atomic mass is 35.5. The van der Waals surface area contributed by atoms with Crippen LogP contribution in [-0.4, -0.2) is 29.5 Å². The summed E-state index contributed by atoms with van der Waals surface area (Å²) in [6.07, 6.45) is 2.70. The molecule has 0 bridgehead atoms. The van der Waals surface area contributed by atoms with Crippen LogP contribution in [0.3, 0.4) is 0 Å². The summed E-state index contributed by atoms with van der Waals surface area (Å²) in [6, 6.07) is 14.9. The van der Waals surface area contributed by atoms with E-state index in [0.29, 0.717) is 36.6 Å². The first-order valence-corrected chi connectivity index (χ1v) is 10.4.